The number of amides is 2. The molecular formula is C22H19NO3. The second-order valence-electron chi connectivity index (χ2n) is 7.28. The first kappa shape index (κ1) is 15.4. The average Bonchev–Trinajstić information content (AvgIpc) is 3.35. The molecule has 1 heterocycles. The van der Waals surface area contributed by atoms with Gasteiger partial charge in [0.15, 0.2) is 0 Å². The first-order valence-electron chi connectivity index (χ1n) is 9.05. The Bertz CT molecular complexity index is 857. The molecule has 2 aromatic rings. The van der Waals surface area contributed by atoms with Crippen molar-refractivity contribution in [1.82, 2.24) is 0 Å². The number of fused-ring (bicyclic) bond motifs is 5. The van der Waals surface area contributed by atoms with Crippen LogP contribution in [-0.2, 0) is 16.2 Å². The van der Waals surface area contributed by atoms with Crippen molar-refractivity contribution < 1.29 is 14.3 Å². The summed E-state index contributed by atoms with van der Waals surface area (Å²) in [6.07, 6.45) is 5.18. The van der Waals surface area contributed by atoms with Gasteiger partial charge in [-0.2, -0.15) is 0 Å². The number of ether oxygens (including phenoxy) is 1. The molecule has 0 radical (unpaired) electrons. The van der Waals surface area contributed by atoms with E-state index in [1.165, 1.54) is 4.90 Å². The second-order valence-corrected chi connectivity index (χ2v) is 7.28. The van der Waals surface area contributed by atoms with Crippen molar-refractivity contribution in [1.29, 1.82) is 0 Å². The Kier molecular flexibility index (Phi) is 3.45. The smallest absolute Gasteiger partial charge is 0.238 e. The van der Waals surface area contributed by atoms with E-state index in [9.17, 15) is 9.59 Å². The van der Waals surface area contributed by atoms with Crippen molar-refractivity contribution in [2.75, 3.05) is 4.90 Å². The summed E-state index contributed by atoms with van der Waals surface area (Å²) in [4.78, 5) is 27.0. The Labute approximate surface area is 152 Å². The molecule has 130 valence electrons. The first-order valence-corrected chi connectivity index (χ1v) is 9.05. The molecule has 4 atom stereocenters. The zero-order valence-corrected chi connectivity index (χ0v) is 14.2. The highest BCUT2D eigenvalue weighted by Crippen LogP contribution is 2.53. The number of carbonyl (C=O) groups excluding carboxylic acids is 2. The zero-order valence-electron chi connectivity index (χ0n) is 14.2. The molecule has 2 bridgehead atoms. The highest BCUT2D eigenvalue weighted by molar-refractivity contribution is 6.22. The summed E-state index contributed by atoms with van der Waals surface area (Å²) in [5.74, 6) is 0.779. The van der Waals surface area contributed by atoms with Gasteiger partial charge in [-0.1, -0.05) is 42.5 Å². The van der Waals surface area contributed by atoms with Crippen LogP contribution in [0.1, 0.15) is 12.0 Å². The zero-order chi connectivity index (χ0) is 17.7. The number of benzene rings is 2. The molecule has 1 saturated heterocycles. The largest absolute Gasteiger partial charge is 0.489 e. The standard InChI is InChI=1S/C22H19NO3/c24-21-19-15-6-7-16(12-15)20(19)22(25)23(21)17-8-10-18(11-9-17)26-13-14-4-2-1-3-5-14/h1-11,15-16,19-20H,12-13H2/t15-,16-,19-,20-/m0/s1. The molecule has 1 saturated carbocycles. The topological polar surface area (TPSA) is 46.6 Å². The Hall–Kier alpha value is -2.88. The van der Waals surface area contributed by atoms with Crippen molar-refractivity contribution in [3.8, 4) is 5.75 Å². The minimum Gasteiger partial charge on any atom is -0.489 e. The number of rotatable bonds is 4. The lowest BCUT2D eigenvalue weighted by Crippen LogP contribution is -2.32. The SMILES string of the molecule is O=C1[C@@H]2[C@@H](C(=O)N1c1ccc(OCc3ccccc3)cc1)[C@H]1C=C[C@H]2C1. The number of nitrogens with zero attached hydrogens (tertiary/aromatic N) is 1. The van der Waals surface area contributed by atoms with Gasteiger partial charge in [0.1, 0.15) is 12.4 Å². The highest BCUT2D eigenvalue weighted by atomic mass is 16.5. The maximum Gasteiger partial charge on any atom is 0.238 e. The number of allylic oxidation sites excluding steroid dienone is 2. The fraction of sp³-hybridized carbons (Fsp3) is 0.273. The molecule has 1 aliphatic heterocycles. The average molecular weight is 345 g/mol. The van der Waals surface area contributed by atoms with Crippen LogP contribution in [0.3, 0.4) is 0 Å². The summed E-state index contributed by atoms with van der Waals surface area (Å²) in [5, 5.41) is 0. The van der Waals surface area contributed by atoms with E-state index in [4.69, 9.17) is 4.74 Å². The van der Waals surface area contributed by atoms with Gasteiger partial charge in [-0.3, -0.25) is 14.5 Å². The molecule has 0 N–H and O–H groups in total. The quantitative estimate of drug-likeness (QED) is 0.629. The minimum atomic E-state index is -0.161. The second kappa shape index (κ2) is 5.84. The Morgan fingerprint density at radius 1 is 0.846 bits per heavy atom. The maximum atomic E-state index is 12.8. The van der Waals surface area contributed by atoms with Crippen LogP contribution in [0.2, 0.25) is 0 Å². The van der Waals surface area contributed by atoms with Gasteiger partial charge in [-0.25, -0.2) is 0 Å². The molecule has 2 fully saturated rings. The molecule has 0 aromatic heterocycles. The lowest BCUT2D eigenvalue weighted by Gasteiger charge is -2.17. The summed E-state index contributed by atoms with van der Waals surface area (Å²) in [7, 11) is 0. The van der Waals surface area contributed by atoms with E-state index in [1.807, 2.05) is 42.5 Å². The molecule has 3 aliphatic rings. The number of anilines is 1. The monoisotopic (exact) mass is 345 g/mol. The molecule has 26 heavy (non-hydrogen) atoms. The van der Waals surface area contributed by atoms with Crippen molar-refractivity contribution >= 4 is 17.5 Å². The predicted molar refractivity (Wildman–Crippen MR) is 97.4 cm³/mol. The summed E-state index contributed by atoms with van der Waals surface area (Å²) in [6.45, 7) is 0.487. The third-order valence-electron chi connectivity index (χ3n) is 5.81. The molecule has 5 rings (SSSR count). The normalized spacial score (nSPS) is 28.7. The molecule has 0 spiro atoms. The van der Waals surface area contributed by atoms with Gasteiger partial charge in [0, 0.05) is 0 Å². The van der Waals surface area contributed by atoms with Crippen LogP contribution in [0.5, 0.6) is 5.75 Å². The van der Waals surface area contributed by atoms with Gasteiger partial charge in [0.05, 0.1) is 17.5 Å². The van der Waals surface area contributed by atoms with Gasteiger partial charge in [0.2, 0.25) is 11.8 Å². The Morgan fingerprint density at radius 3 is 2.08 bits per heavy atom. The van der Waals surface area contributed by atoms with Gasteiger partial charge < -0.3 is 4.74 Å². The van der Waals surface area contributed by atoms with Crippen LogP contribution in [0.25, 0.3) is 0 Å². The number of hydrogen-bond donors (Lipinski definition) is 0. The third kappa shape index (κ3) is 2.29. The Balaban J connectivity index is 1.32. The van der Waals surface area contributed by atoms with Gasteiger partial charge in [-0.05, 0) is 48.1 Å². The van der Waals surface area contributed by atoms with E-state index < -0.39 is 0 Å². The van der Waals surface area contributed by atoms with E-state index >= 15 is 0 Å². The summed E-state index contributed by atoms with van der Waals surface area (Å²) < 4.78 is 5.78. The molecule has 4 heteroatoms. The lowest BCUT2D eigenvalue weighted by atomic mass is 9.85. The summed E-state index contributed by atoms with van der Waals surface area (Å²) >= 11 is 0. The van der Waals surface area contributed by atoms with Crippen molar-refractivity contribution in [2.24, 2.45) is 23.7 Å². The van der Waals surface area contributed by atoms with Gasteiger partial charge >= 0.3 is 0 Å². The Morgan fingerprint density at radius 2 is 1.46 bits per heavy atom. The molecule has 2 amide bonds. The summed E-state index contributed by atoms with van der Waals surface area (Å²) in [6, 6.07) is 17.2. The minimum absolute atomic E-state index is 0.0465. The molecule has 0 unspecified atom stereocenters. The van der Waals surface area contributed by atoms with Crippen LogP contribution in [-0.4, -0.2) is 11.8 Å². The van der Waals surface area contributed by atoms with Crippen LogP contribution in [0, 0.1) is 23.7 Å². The van der Waals surface area contributed by atoms with Gasteiger partial charge in [0.25, 0.3) is 0 Å². The molecule has 4 nitrogen and oxygen atoms in total. The van der Waals surface area contributed by atoms with E-state index in [1.54, 1.807) is 12.1 Å². The summed E-state index contributed by atoms with van der Waals surface area (Å²) in [5.41, 5.74) is 1.73. The highest BCUT2D eigenvalue weighted by Gasteiger charge is 2.59. The van der Waals surface area contributed by atoms with Gasteiger partial charge in [-0.15, -0.1) is 0 Å². The lowest BCUT2D eigenvalue weighted by molar-refractivity contribution is -0.123. The molecular weight excluding hydrogens is 326 g/mol. The fourth-order valence-electron chi connectivity index (χ4n) is 4.59. The number of hydrogen-bond acceptors (Lipinski definition) is 3. The van der Waals surface area contributed by atoms with Crippen molar-refractivity contribution in [3.63, 3.8) is 0 Å². The number of carbonyl (C=O) groups is 2. The third-order valence-corrected chi connectivity index (χ3v) is 5.81. The fourth-order valence-corrected chi connectivity index (χ4v) is 4.59. The van der Waals surface area contributed by atoms with E-state index in [0.29, 0.717) is 12.3 Å². The van der Waals surface area contributed by atoms with Crippen LogP contribution >= 0.6 is 0 Å². The number of imide groups is 1. The molecule has 2 aromatic carbocycles. The van der Waals surface area contributed by atoms with E-state index in [0.717, 1.165) is 17.7 Å². The van der Waals surface area contributed by atoms with Crippen LogP contribution in [0.15, 0.2) is 66.7 Å². The predicted octanol–water partition coefficient (Wildman–Crippen LogP) is 3.58. The molecule has 2 aliphatic carbocycles. The maximum absolute atomic E-state index is 12.8. The van der Waals surface area contributed by atoms with E-state index in [-0.39, 0.29) is 35.5 Å². The van der Waals surface area contributed by atoms with Crippen molar-refractivity contribution in [2.45, 2.75) is 13.0 Å². The van der Waals surface area contributed by atoms with Crippen LogP contribution in [0.4, 0.5) is 5.69 Å². The first-order chi connectivity index (χ1) is 12.7. The van der Waals surface area contributed by atoms with E-state index in [2.05, 4.69) is 12.2 Å². The van der Waals surface area contributed by atoms with Crippen LogP contribution < -0.4 is 9.64 Å². The van der Waals surface area contributed by atoms with Crippen molar-refractivity contribution in [3.05, 3.63) is 72.3 Å².